The Bertz CT molecular complexity index is 641. The predicted octanol–water partition coefficient (Wildman–Crippen LogP) is 4.01. The third-order valence-electron chi connectivity index (χ3n) is 2.91. The normalized spacial score (nSPS) is 13.2. The quantitative estimate of drug-likeness (QED) is 0.712. The molecule has 0 radical (unpaired) electrons. The summed E-state index contributed by atoms with van der Waals surface area (Å²) in [5.74, 6) is 0.944. The van der Waals surface area contributed by atoms with Gasteiger partial charge in [0.2, 0.25) is 0 Å². The van der Waals surface area contributed by atoms with Crippen LogP contribution in [0.5, 0.6) is 0 Å². The summed E-state index contributed by atoms with van der Waals surface area (Å²) < 4.78 is 7.76. The zero-order valence-corrected chi connectivity index (χ0v) is 12.5. The van der Waals surface area contributed by atoms with Gasteiger partial charge in [0.1, 0.15) is 19.4 Å². The van der Waals surface area contributed by atoms with Gasteiger partial charge in [0, 0.05) is 10.8 Å². The van der Waals surface area contributed by atoms with Crippen molar-refractivity contribution >= 4 is 16.5 Å². The second kappa shape index (κ2) is 6.90. The molecule has 2 nitrogen and oxygen atoms in total. The Morgan fingerprint density at radius 2 is 1.90 bits per heavy atom. The van der Waals surface area contributed by atoms with Crippen LogP contribution in [0.1, 0.15) is 25.8 Å². The van der Waals surface area contributed by atoms with Crippen molar-refractivity contribution in [3.63, 3.8) is 0 Å². The second-order valence-corrected chi connectivity index (χ2v) is 4.90. The predicted molar refractivity (Wildman–Crippen MR) is 84.2 cm³/mol. The summed E-state index contributed by atoms with van der Waals surface area (Å²) in [6.07, 6.45) is 11.5. The van der Waals surface area contributed by atoms with Crippen molar-refractivity contribution in [2.75, 3.05) is 6.61 Å². The van der Waals surface area contributed by atoms with Crippen molar-refractivity contribution in [1.29, 1.82) is 0 Å². The summed E-state index contributed by atoms with van der Waals surface area (Å²) >= 11 is 0. The van der Waals surface area contributed by atoms with E-state index in [1.165, 1.54) is 17.2 Å². The van der Waals surface area contributed by atoms with Gasteiger partial charge in [-0.2, -0.15) is 0 Å². The number of aryl methyl sites for hydroxylation is 1. The lowest BCUT2D eigenvalue weighted by Crippen LogP contribution is -2.27. The van der Waals surface area contributed by atoms with Crippen LogP contribution in [0, 0.1) is 0 Å². The molecule has 2 heteroatoms. The van der Waals surface area contributed by atoms with Crippen LogP contribution in [0.3, 0.4) is 0 Å². The molecule has 0 atom stereocenters. The third-order valence-corrected chi connectivity index (χ3v) is 2.91. The highest BCUT2D eigenvalue weighted by molar-refractivity contribution is 5.91. The summed E-state index contributed by atoms with van der Waals surface area (Å²) in [6, 6.07) is 8.37. The lowest BCUT2D eigenvalue weighted by atomic mass is 10.1. The van der Waals surface area contributed by atoms with Crippen molar-refractivity contribution in [2.24, 2.45) is 7.05 Å². The van der Waals surface area contributed by atoms with E-state index < -0.39 is 0 Å². The molecule has 1 aromatic heterocycles. The maximum Gasteiger partial charge on any atom is 0.180 e. The van der Waals surface area contributed by atoms with E-state index in [2.05, 4.69) is 55.1 Å². The minimum Gasteiger partial charge on any atom is -0.489 e. The Morgan fingerprint density at radius 3 is 2.60 bits per heavy atom. The van der Waals surface area contributed by atoms with E-state index in [9.17, 15) is 0 Å². The van der Waals surface area contributed by atoms with Gasteiger partial charge in [-0.1, -0.05) is 44.5 Å². The molecule has 0 spiro atoms. The fourth-order valence-corrected chi connectivity index (χ4v) is 2.15. The first-order chi connectivity index (χ1) is 9.76. The molecule has 0 N–H and O–H groups in total. The molecule has 0 amide bonds. The number of allylic oxidation sites excluding steroid dienone is 2. The van der Waals surface area contributed by atoms with Crippen LogP contribution in [0.4, 0.5) is 0 Å². The molecule has 0 fully saturated rings. The monoisotopic (exact) mass is 268 g/mol. The van der Waals surface area contributed by atoms with Gasteiger partial charge in [0.05, 0.1) is 5.56 Å². The molecule has 0 aliphatic carbocycles. The van der Waals surface area contributed by atoms with Crippen molar-refractivity contribution < 1.29 is 9.30 Å². The van der Waals surface area contributed by atoms with E-state index in [1.807, 2.05) is 25.3 Å². The zero-order valence-electron chi connectivity index (χ0n) is 12.5. The van der Waals surface area contributed by atoms with Crippen molar-refractivity contribution in [1.82, 2.24) is 0 Å². The van der Waals surface area contributed by atoms with Gasteiger partial charge in [0.25, 0.3) is 0 Å². The molecule has 20 heavy (non-hydrogen) atoms. The first-order valence-electron chi connectivity index (χ1n) is 7.14. The Labute approximate surface area is 121 Å². The van der Waals surface area contributed by atoms with E-state index in [1.54, 1.807) is 0 Å². The highest BCUT2D eigenvalue weighted by Crippen LogP contribution is 2.25. The lowest BCUT2D eigenvalue weighted by Gasteiger charge is -2.12. The van der Waals surface area contributed by atoms with E-state index >= 15 is 0 Å². The van der Waals surface area contributed by atoms with Gasteiger partial charge >= 0.3 is 0 Å². The molecule has 0 unspecified atom stereocenters. The number of hydrogen-bond donors (Lipinski definition) is 0. The number of hydrogen-bond acceptors (Lipinski definition) is 1. The topological polar surface area (TPSA) is 13.1 Å². The van der Waals surface area contributed by atoms with Gasteiger partial charge in [-0.25, -0.2) is 4.57 Å². The molecule has 2 aromatic rings. The smallest absolute Gasteiger partial charge is 0.180 e. The third kappa shape index (κ3) is 3.27. The molecule has 3 rings (SSSR count). The van der Waals surface area contributed by atoms with Crippen molar-refractivity contribution in [2.45, 2.75) is 20.3 Å². The number of nitrogens with zero attached hydrogens (tertiary/aromatic N) is 1. The van der Waals surface area contributed by atoms with Gasteiger partial charge in [-0.05, 0) is 18.2 Å². The SMILES string of the molecule is CCC.C[n+]1cc(C2=CC=CCO2)c2ccccc2c1. The Balaban J connectivity index is 0.000000452. The van der Waals surface area contributed by atoms with Gasteiger partial charge in [-0.3, -0.25) is 0 Å². The molecular weight excluding hydrogens is 246 g/mol. The maximum atomic E-state index is 5.69. The van der Waals surface area contributed by atoms with E-state index in [0.29, 0.717) is 6.61 Å². The molecule has 0 saturated heterocycles. The number of rotatable bonds is 1. The number of benzene rings is 1. The Morgan fingerprint density at radius 1 is 1.15 bits per heavy atom. The standard InChI is InChI=1S/C15H14NO.C3H8/c1-16-10-12-6-2-3-7-13(12)14(11-16)15-8-4-5-9-17-15;1-3-2/h2-8,10-11H,9H2,1H3;3H2,1-2H3/q+1;. The molecular formula is C18H22NO+. The van der Waals surface area contributed by atoms with Gasteiger partial charge < -0.3 is 4.74 Å². The molecule has 0 saturated carbocycles. The minimum atomic E-state index is 0.652. The van der Waals surface area contributed by atoms with Crippen LogP contribution >= 0.6 is 0 Å². The number of aromatic nitrogens is 1. The number of fused-ring (bicyclic) bond motifs is 1. The maximum absolute atomic E-state index is 5.69. The molecule has 1 aromatic carbocycles. The van der Waals surface area contributed by atoms with Gasteiger partial charge in [0.15, 0.2) is 12.4 Å². The molecule has 1 aliphatic rings. The fraction of sp³-hybridized carbons (Fsp3) is 0.278. The van der Waals surface area contributed by atoms with Crippen LogP contribution in [0.2, 0.25) is 0 Å². The van der Waals surface area contributed by atoms with Crippen molar-refractivity contribution in [3.8, 4) is 0 Å². The fourth-order valence-electron chi connectivity index (χ4n) is 2.15. The summed E-state index contributed by atoms with van der Waals surface area (Å²) in [5.41, 5.74) is 1.15. The summed E-state index contributed by atoms with van der Waals surface area (Å²) in [4.78, 5) is 0. The minimum absolute atomic E-state index is 0.652. The van der Waals surface area contributed by atoms with Crippen molar-refractivity contribution in [3.05, 3.63) is 60.5 Å². The molecule has 0 bridgehead atoms. The average Bonchev–Trinajstić information content (AvgIpc) is 2.48. The first-order valence-corrected chi connectivity index (χ1v) is 7.14. The van der Waals surface area contributed by atoms with Crippen LogP contribution in [-0.4, -0.2) is 6.61 Å². The molecule has 2 heterocycles. The summed E-state index contributed by atoms with van der Waals surface area (Å²) in [6.45, 7) is 4.90. The molecule has 104 valence electrons. The molecule has 1 aliphatic heterocycles. The van der Waals surface area contributed by atoms with Crippen LogP contribution in [0.15, 0.2) is 54.9 Å². The first kappa shape index (κ1) is 14.3. The van der Waals surface area contributed by atoms with Gasteiger partial charge in [-0.15, -0.1) is 0 Å². The Hall–Kier alpha value is -2.09. The van der Waals surface area contributed by atoms with E-state index in [0.717, 1.165) is 11.3 Å². The van der Waals surface area contributed by atoms with Crippen LogP contribution < -0.4 is 4.57 Å². The van der Waals surface area contributed by atoms with Crippen LogP contribution in [0.25, 0.3) is 16.5 Å². The highest BCUT2D eigenvalue weighted by Gasteiger charge is 2.13. The van der Waals surface area contributed by atoms with Crippen LogP contribution in [-0.2, 0) is 11.8 Å². The lowest BCUT2D eigenvalue weighted by molar-refractivity contribution is -0.670. The summed E-state index contributed by atoms with van der Waals surface area (Å²) in [5, 5.41) is 2.46. The highest BCUT2D eigenvalue weighted by atomic mass is 16.5. The Kier molecular flexibility index (Phi) is 4.94. The zero-order chi connectivity index (χ0) is 14.4. The number of ether oxygens (including phenoxy) is 1. The largest absolute Gasteiger partial charge is 0.489 e. The average molecular weight is 268 g/mol. The van der Waals surface area contributed by atoms with E-state index in [4.69, 9.17) is 4.74 Å². The van der Waals surface area contributed by atoms with E-state index in [-0.39, 0.29) is 0 Å². The summed E-state index contributed by atoms with van der Waals surface area (Å²) in [7, 11) is 2.04. The number of pyridine rings is 1. The second-order valence-electron chi connectivity index (χ2n) is 4.90.